The number of likely N-dealkylation sites (tertiary alicyclic amines) is 1. The van der Waals surface area contributed by atoms with Crippen LogP contribution >= 0.6 is 0 Å². The van der Waals surface area contributed by atoms with Gasteiger partial charge in [0.1, 0.15) is 0 Å². The van der Waals surface area contributed by atoms with Crippen LogP contribution in [0.5, 0.6) is 0 Å². The zero-order valence-corrected chi connectivity index (χ0v) is 13.1. The average molecular weight is 299 g/mol. The second-order valence-corrected chi connectivity index (χ2v) is 5.05. The fourth-order valence-corrected chi connectivity index (χ4v) is 2.61. The lowest BCUT2D eigenvalue weighted by Crippen LogP contribution is -2.59. The van der Waals surface area contributed by atoms with Crippen LogP contribution in [0.25, 0.3) is 0 Å². The first kappa shape index (κ1) is 17.5. The van der Waals surface area contributed by atoms with Gasteiger partial charge in [0.2, 0.25) is 11.4 Å². The van der Waals surface area contributed by atoms with Gasteiger partial charge in [0.25, 0.3) is 0 Å². The maximum atomic E-state index is 12.4. The maximum absolute atomic E-state index is 12.4. The number of rotatable bonds is 8. The Hall–Kier alpha value is -1.59. The number of nitrogens with zero attached hydrogens (tertiary/aromatic N) is 1. The second kappa shape index (κ2) is 8.00. The van der Waals surface area contributed by atoms with E-state index in [2.05, 4.69) is 6.92 Å². The van der Waals surface area contributed by atoms with E-state index in [0.717, 1.165) is 19.3 Å². The number of carbonyl (C=O) groups excluding carboxylic acids is 3. The highest BCUT2D eigenvalue weighted by Crippen LogP contribution is 2.33. The smallest absolute Gasteiger partial charge is 0.343 e. The van der Waals surface area contributed by atoms with Gasteiger partial charge in [-0.15, -0.1) is 0 Å². The van der Waals surface area contributed by atoms with E-state index in [1.165, 1.54) is 4.90 Å². The van der Waals surface area contributed by atoms with E-state index < -0.39 is 17.5 Å². The van der Waals surface area contributed by atoms with Gasteiger partial charge in [0.05, 0.1) is 13.2 Å². The minimum atomic E-state index is -1.59. The molecule has 1 saturated heterocycles. The van der Waals surface area contributed by atoms with Crippen LogP contribution in [0.2, 0.25) is 0 Å². The van der Waals surface area contributed by atoms with Crippen molar-refractivity contribution in [2.45, 2.75) is 58.4 Å². The molecule has 0 aromatic rings. The summed E-state index contributed by atoms with van der Waals surface area (Å²) < 4.78 is 10.1. The molecule has 0 aromatic heterocycles. The molecule has 120 valence electrons. The molecule has 0 aromatic carbocycles. The number of ether oxygens (including phenoxy) is 2. The van der Waals surface area contributed by atoms with Gasteiger partial charge in [0, 0.05) is 19.4 Å². The van der Waals surface area contributed by atoms with Crippen molar-refractivity contribution in [3.05, 3.63) is 0 Å². The zero-order chi connectivity index (χ0) is 15.9. The maximum Gasteiger partial charge on any atom is 0.343 e. The molecule has 0 atom stereocenters. The van der Waals surface area contributed by atoms with Crippen molar-refractivity contribution in [1.29, 1.82) is 0 Å². The molecule has 0 saturated carbocycles. The molecule has 0 N–H and O–H groups in total. The van der Waals surface area contributed by atoms with Crippen LogP contribution in [-0.2, 0) is 23.9 Å². The van der Waals surface area contributed by atoms with E-state index >= 15 is 0 Å². The Balaban J connectivity index is 3.04. The average Bonchev–Trinajstić information content (AvgIpc) is 2.78. The summed E-state index contributed by atoms with van der Waals surface area (Å²) in [5, 5.41) is 0. The SMILES string of the molecule is CCCCCN1C(=O)CCC1(C(=O)OCC)C(=O)OCC. The fourth-order valence-electron chi connectivity index (χ4n) is 2.61. The van der Waals surface area contributed by atoms with Gasteiger partial charge in [-0.05, 0) is 20.3 Å². The Bertz CT molecular complexity index is 376. The molecule has 0 unspecified atom stereocenters. The molecule has 1 fully saturated rings. The van der Waals surface area contributed by atoms with E-state index in [9.17, 15) is 14.4 Å². The largest absolute Gasteiger partial charge is 0.464 e. The minimum Gasteiger partial charge on any atom is -0.464 e. The zero-order valence-electron chi connectivity index (χ0n) is 13.1. The standard InChI is InChI=1S/C15H25NO5/c1-4-7-8-11-16-12(17)9-10-15(16,13(18)20-5-2)14(19)21-6-3/h4-11H2,1-3H3. The highest BCUT2D eigenvalue weighted by Gasteiger charge is 2.59. The quantitative estimate of drug-likeness (QED) is 0.387. The Morgan fingerprint density at radius 1 is 1.10 bits per heavy atom. The van der Waals surface area contributed by atoms with Crippen LogP contribution in [0.15, 0.2) is 0 Å². The molecule has 1 amide bonds. The van der Waals surface area contributed by atoms with Gasteiger partial charge >= 0.3 is 11.9 Å². The number of unbranched alkanes of at least 4 members (excludes halogenated alkanes) is 2. The molecule has 0 radical (unpaired) electrons. The highest BCUT2D eigenvalue weighted by molar-refractivity contribution is 6.10. The van der Waals surface area contributed by atoms with Crippen LogP contribution in [0, 0.1) is 0 Å². The summed E-state index contributed by atoms with van der Waals surface area (Å²) >= 11 is 0. The first-order valence-electron chi connectivity index (χ1n) is 7.69. The molecule has 1 rings (SSSR count). The van der Waals surface area contributed by atoms with Crippen LogP contribution in [0.4, 0.5) is 0 Å². The molecule has 0 bridgehead atoms. The van der Waals surface area contributed by atoms with Gasteiger partial charge in [-0.2, -0.15) is 0 Å². The molecule has 1 aliphatic rings. The Morgan fingerprint density at radius 2 is 1.67 bits per heavy atom. The van der Waals surface area contributed by atoms with Crippen LogP contribution in [0.1, 0.15) is 52.9 Å². The predicted octanol–water partition coefficient (Wildman–Crippen LogP) is 1.66. The third-order valence-corrected chi connectivity index (χ3v) is 3.67. The lowest BCUT2D eigenvalue weighted by atomic mass is 9.95. The molecule has 0 spiro atoms. The lowest BCUT2D eigenvalue weighted by molar-refractivity contribution is -0.175. The van der Waals surface area contributed by atoms with Crippen molar-refractivity contribution in [2.75, 3.05) is 19.8 Å². The summed E-state index contributed by atoms with van der Waals surface area (Å²) in [6.45, 7) is 6.11. The van der Waals surface area contributed by atoms with Crippen LogP contribution < -0.4 is 0 Å². The molecule has 1 aliphatic heterocycles. The molecule has 0 aliphatic carbocycles. The molecule has 6 heteroatoms. The van der Waals surface area contributed by atoms with Crippen molar-refractivity contribution in [2.24, 2.45) is 0 Å². The summed E-state index contributed by atoms with van der Waals surface area (Å²) in [5.74, 6) is -1.54. The molecule has 1 heterocycles. The van der Waals surface area contributed by atoms with Crippen molar-refractivity contribution in [3.63, 3.8) is 0 Å². The number of hydrogen-bond acceptors (Lipinski definition) is 5. The molecular weight excluding hydrogens is 274 g/mol. The van der Waals surface area contributed by atoms with Gasteiger partial charge in [0.15, 0.2) is 0 Å². The molecule has 6 nitrogen and oxygen atoms in total. The van der Waals surface area contributed by atoms with E-state index in [0.29, 0.717) is 6.54 Å². The fraction of sp³-hybridized carbons (Fsp3) is 0.800. The Morgan fingerprint density at radius 3 is 2.14 bits per heavy atom. The van der Waals surface area contributed by atoms with Crippen molar-refractivity contribution in [1.82, 2.24) is 4.90 Å². The van der Waals surface area contributed by atoms with Gasteiger partial charge in [-0.25, -0.2) is 9.59 Å². The number of hydrogen-bond donors (Lipinski definition) is 0. The minimum absolute atomic E-state index is 0.135. The summed E-state index contributed by atoms with van der Waals surface area (Å²) in [6, 6.07) is 0. The molecule has 21 heavy (non-hydrogen) atoms. The van der Waals surface area contributed by atoms with E-state index in [-0.39, 0.29) is 32.0 Å². The first-order chi connectivity index (χ1) is 10.0. The Kier molecular flexibility index (Phi) is 6.65. The topological polar surface area (TPSA) is 72.9 Å². The third-order valence-electron chi connectivity index (χ3n) is 3.67. The van der Waals surface area contributed by atoms with Crippen molar-refractivity contribution >= 4 is 17.8 Å². The van der Waals surface area contributed by atoms with Crippen molar-refractivity contribution in [3.8, 4) is 0 Å². The summed E-state index contributed by atoms with van der Waals surface area (Å²) in [7, 11) is 0. The van der Waals surface area contributed by atoms with Crippen molar-refractivity contribution < 1.29 is 23.9 Å². The van der Waals surface area contributed by atoms with Crippen LogP contribution in [0.3, 0.4) is 0 Å². The van der Waals surface area contributed by atoms with E-state index in [4.69, 9.17) is 9.47 Å². The van der Waals surface area contributed by atoms with Gasteiger partial charge in [-0.1, -0.05) is 19.8 Å². The Labute approximate surface area is 125 Å². The van der Waals surface area contributed by atoms with Gasteiger partial charge < -0.3 is 14.4 Å². The summed E-state index contributed by atoms with van der Waals surface area (Å²) in [4.78, 5) is 38.2. The summed E-state index contributed by atoms with van der Waals surface area (Å²) in [5.41, 5.74) is -1.59. The first-order valence-corrected chi connectivity index (χ1v) is 7.69. The lowest BCUT2D eigenvalue weighted by Gasteiger charge is -2.33. The molecular formula is C15H25NO5. The number of amides is 1. The van der Waals surface area contributed by atoms with Crippen LogP contribution in [-0.4, -0.2) is 48.0 Å². The number of carbonyl (C=O) groups is 3. The monoisotopic (exact) mass is 299 g/mol. The third kappa shape index (κ3) is 3.54. The normalized spacial score (nSPS) is 16.9. The predicted molar refractivity (Wildman–Crippen MR) is 76.5 cm³/mol. The second-order valence-electron chi connectivity index (χ2n) is 5.05. The van der Waals surface area contributed by atoms with Gasteiger partial charge in [-0.3, -0.25) is 4.79 Å². The number of esters is 2. The van der Waals surface area contributed by atoms with E-state index in [1.54, 1.807) is 13.8 Å². The highest BCUT2D eigenvalue weighted by atomic mass is 16.6. The summed E-state index contributed by atoms with van der Waals surface area (Å²) in [6.07, 6.45) is 2.99. The van der Waals surface area contributed by atoms with E-state index in [1.807, 2.05) is 0 Å².